The fourth-order valence-electron chi connectivity index (χ4n) is 6.48. The number of benzene rings is 1. The summed E-state index contributed by atoms with van der Waals surface area (Å²) in [4.78, 5) is 70.2. The number of hydrogen-bond acceptors (Lipinski definition) is 7. The smallest absolute Gasteiger partial charge is 0.289 e. The number of aliphatic hydroxyl groups is 1. The Morgan fingerprint density at radius 3 is 2.75 bits per heavy atom. The Bertz CT molecular complexity index is 1320. The van der Waals surface area contributed by atoms with E-state index in [-0.39, 0.29) is 43.2 Å². The van der Waals surface area contributed by atoms with E-state index in [9.17, 15) is 24.0 Å². The van der Waals surface area contributed by atoms with E-state index in [1.807, 2.05) is 12.1 Å². The van der Waals surface area contributed by atoms with E-state index in [1.54, 1.807) is 24.1 Å². The number of ketones is 1. The Labute approximate surface area is 231 Å². The van der Waals surface area contributed by atoms with Crippen LogP contribution in [-0.4, -0.2) is 89.8 Å². The minimum Gasteiger partial charge on any atom is -0.496 e. The second-order valence-corrected chi connectivity index (χ2v) is 10.8. The summed E-state index contributed by atoms with van der Waals surface area (Å²) in [5, 5.41) is 17.6. The number of ether oxygens (including phenoxy) is 1. The number of aromatic nitrogens is 1. The maximum Gasteiger partial charge on any atom is 0.289 e. The number of fused-ring (bicyclic) bond motifs is 2. The van der Waals surface area contributed by atoms with Gasteiger partial charge in [0.1, 0.15) is 17.5 Å². The van der Waals surface area contributed by atoms with Gasteiger partial charge in [0.05, 0.1) is 19.8 Å². The number of H-pyrrole nitrogens is 1. The Morgan fingerprint density at radius 1 is 1.20 bits per heavy atom. The zero-order chi connectivity index (χ0) is 28.4. The molecular weight excluding hydrogens is 518 g/mol. The second kappa shape index (κ2) is 11.7. The molecule has 1 aromatic heterocycles. The van der Waals surface area contributed by atoms with Crippen LogP contribution >= 0.6 is 0 Å². The fourth-order valence-corrected chi connectivity index (χ4v) is 6.48. The topological polar surface area (TPSA) is 170 Å². The van der Waals surface area contributed by atoms with E-state index in [0.717, 1.165) is 30.2 Å². The highest BCUT2D eigenvalue weighted by atomic mass is 16.5. The quantitative estimate of drug-likeness (QED) is 0.260. The van der Waals surface area contributed by atoms with Gasteiger partial charge in [0.25, 0.3) is 11.8 Å². The molecule has 2 aliphatic heterocycles. The van der Waals surface area contributed by atoms with Crippen LogP contribution in [0.3, 0.4) is 0 Å². The Morgan fingerprint density at radius 2 is 2.02 bits per heavy atom. The van der Waals surface area contributed by atoms with Crippen LogP contribution in [-0.2, 0) is 19.2 Å². The van der Waals surface area contributed by atoms with Crippen molar-refractivity contribution in [3.8, 4) is 5.75 Å². The van der Waals surface area contributed by atoms with Crippen LogP contribution in [0.4, 0.5) is 0 Å². The first-order valence-corrected chi connectivity index (χ1v) is 13.8. The molecule has 0 unspecified atom stereocenters. The van der Waals surface area contributed by atoms with E-state index in [1.165, 1.54) is 0 Å². The number of Topliss-reactive ketones (excluding diaryl/α,β-unsaturated/α-hetero) is 1. The average molecular weight is 554 g/mol. The maximum atomic E-state index is 13.9. The number of carbonyl (C=O) groups is 5. The lowest BCUT2D eigenvalue weighted by Crippen LogP contribution is -2.55. The molecule has 1 aliphatic carbocycles. The summed E-state index contributed by atoms with van der Waals surface area (Å²) in [5.41, 5.74) is 1.06. The summed E-state index contributed by atoms with van der Waals surface area (Å²) in [6.45, 7) is 0.412. The van der Waals surface area contributed by atoms with Gasteiger partial charge < -0.3 is 35.7 Å². The van der Waals surface area contributed by atoms with Crippen molar-refractivity contribution in [2.75, 3.05) is 33.4 Å². The van der Waals surface area contributed by atoms with E-state index < -0.39 is 35.6 Å². The number of likely N-dealkylation sites (tertiary alicyclic amines) is 1. The third-order valence-corrected chi connectivity index (χ3v) is 8.43. The molecule has 3 fully saturated rings. The molecule has 4 amide bonds. The summed E-state index contributed by atoms with van der Waals surface area (Å²) in [6.07, 6.45) is 3.07. The number of nitrogens with zero attached hydrogens (tertiary/aromatic N) is 1. The van der Waals surface area contributed by atoms with Crippen LogP contribution in [0.2, 0.25) is 0 Å². The highest BCUT2D eigenvalue weighted by Gasteiger charge is 2.50. The summed E-state index contributed by atoms with van der Waals surface area (Å²) in [7, 11) is 1.56. The van der Waals surface area contributed by atoms with Gasteiger partial charge in [0, 0.05) is 36.5 Å². The SMILES string of the molecule is COc1cccc2[nH]c(C(=O)N3C[C@@H]4CCC[C@@H]4[C@H]3C(=O)N[C@@H](C[C@@H]3CCNC3=O)C(=O)C(=O)NCCO)cc12. The third kappa shape index (κ3) is 5.27. The molecular formula is C28H35N5O7. The highest BCUT2D eigenvalue weighted by molar-refractivity contribution is 6.38. The van der Waals surface area contributed by atoms with E-state index in [2.05, 4.69) is 20.9 Å². The molecule has 0 bridgehead atoms. The summed E-state index contributed by atoms with van der Waals surface area (Å²) < 4.78 is 5.42. The van der Waals surface area contributed by atoms with Gasteiger partial charge in [-0.05, 0) is 55.7 Å². The van der Waals surface area contributed by atoms with Crippen molar-refractivity contribution in [3.63, 3.8) is 0 Å². The average Bonchev–Trinajstić information content (AvgIpc) is 3.74. The first-order valence-electron chi connectivity index (χ1n) is 13.8. The van der Waals surface area contributed by atoms with Crippen LogP contribution in [0.25, 0.3) is 10.9 Å². The van der Waals surface area contributed by atoms with Gasteiger partial charge in [-0.3, -0.25) is 24.0 Å². The number of carbonyl (C=O) groups excluding carboxylic acids is 5. The minimum absolute atomic E-state index is 0.0282. The normalized spacial score (nSPS) is 24.4. The van der Waals surface area contributed by atoms with Crippen molar-refractivity contribution in [1.82, 2.24) is 25.8 Å². The predicted molar refractivity (Wildman–Crippen MR) is 143 cm³/mol. The van der Waals surface area contributed by atoms with E-state index >= 15 is 0 Å². The molecule has 214 valence electrons. The number of hydrogen-bond donors (Lipinski definition) is 5. The van der Waals surface area contributed by atoms with Crippen LogP contribution in [0.1, 0.15) is 42.6 Å². The van der Waals surface area contributed by atoms with Gasteiger partial charge in [0.15, 0.2) is 0 Å². The standard InChI is InChI=1S/C28H35N5O7/c1-40-22-7-3-6-19-18(22)13-21(31-19)28(39)33-14-16-4-2-5-17(16)23(33)26(37)32-20(12-15-8-9-29-25(15)36)24(35)27(38)30-10-11-34/h3,6-7,13,15-17,20,23,31,34H,2,4-5,8-12,14H2,1H3,(H,29,36)(H,30,38)(H,32,37)/t15-,16-,17-,20-,23-/m0/s1. The van der Waals surface area contributed by atoms with Crippen molar-refractivity contribution >= 4 is 40.3 Å². The molecule has 5 rings (SSSR count). The minimum atomic E-state index is -1.24. The van der Waals surface area contributed by atoms with E-state index in [0.29, 0.717) is 31.0 Å². The molecule has 0 spiro atoms. The summed E-state index contributed by atoms with van der Waals surface area (Å²) in [5.74, 6) is -2.72. The van der Waals surface area contributed by atoms with Crippen molar-refractivity contribution < 1.29 is 33.8 Å². The van der Waals surface area contributed by atoms with E-state index in [4.69, 9.17) is 9.84 Å². The lowest BCUT2D eigenvalue weighted by Gasteiger charge is -2.29. The van der Waals surface area contributed by atoms with Gasteiger partial charge >= 0.3 is 0 Å². The molecule has 40 heavy (non-hydrogen) atoms. The summed E-state index contributed by atoms with van der Waals surface area (Å²) in [6, 6.07) is 5.13. The van der Waals surface area contributed by atoms with Crippen LogP contribution in [0.15, 0.2) is 24.3 Å². The molecule has 1 saturated carbocycles. The fraction of sp³-hybridized carbons (Fsp3) is 0.536. The van der Waals surface area contributed by atoms with Gasteiger partial charge in [-0.2, -0.15) is 0 Å². The van der Waals surface area contributed by atoms with Crippen molar-refractivity contribution in [3.05, 3.63) is 30.0 Å². The summed E-state index contributed by atoms with van der Waals surface area (Å²) >= 11 is 0. The van der Waals surface area contributed by atoms with Crippen LogP contribution in [0.5, 0.6) is 5.75 Å². The molecule has 5 N–H and O–H groups in total. The molecule has 3 heterocycles. The first kappa shape index (κ1) is 27.6. The molecule has 0 radical (unpaired) electrons. The van der Waals surface area contributed by atoms with Gasteiger partial charge in [-0.15, -0.1) is 0 Å². The number of methoxy groups -OCH3 is 1. The molecule has 1 aromatic carbocycles. The number of nitrogens with one attached hydrogen (secondary N) is 4. The molecule has 12 nitrogen and oxygen atoms in total. The second-order valence-electron chi connectivity index (χ2n) is 10.8. The highest BCUT2D eigenvalue weighted by Crippen LogP contribution is 2.43. The Kier molecular flexibility index (Phi) is 8.06. The zero-order valence-corrected chi connectivity index (χ0v) is 22.4. The molecule has 5 atom stereocenters. The first-order chi connectivity index (χ1) is 19.3. The molecule has 2 aromatic rings. The number of aromatic amines is 1. The lowest BCUT2D eigenvalue weighted by atomic mass is 9.91. The Balaban J connectivity index is 1.40. The van der Waals surface area contributed by atoms with Gasteiger partial charge in [-0.25, -0.2) is 0 Å². The Hall–Kier alpha value is -3.93. The number of aliphatic hydroxyl groups excluding tert-OH is 1. The van der Waals surface area contributed by atoms with Crippen molar-refractivity contribution in [1.29, 1.82) is 0 Å². The molecule has 12 heteroatoms. The van der Waals surface area contributed by atoms with Gasteiger partial charge in [0.2, 0.25) is 17.6 Å². The predicted octanol–water partition coefficient (Wildman–Crippen LogP) is 0.106. The maximum absolute atomic E-state index is 13.9. The monoisotopic (exact) mass is 553 g/mol. The molecule has 3 aliphatic rings. The zero-order valence-electron chi connectivity index (χ0n) is 22.4. The van der Waals surface area contributed by atoms with Crippen molar-refractivity contribution in [2.45, 2.75) is 44.2 Å². The number of amides is 4. The van der Waals surface area contributed by atoms with Gasteiger partial charge in [-0.1, -0.05) is 12.5 Å². The lowest BCUT2D eigenvalue weighted by molar-refractivity contribution is -0.141. The third-order valence-electron chi connectivity index (χ3n) is 8.43. The van der Waals surface area contributed by atoms with Crippen molar-refractivity contribution in [2.24, 2.45) is 17.8 Å². The van der Waals surface area contributed by atoms with Crippen LogP contribution in [0, 0.1) is 17.8 Å². The molecule has 2 saturated heterocycles. The largest absolute Gasteiger partial charge is 0.496 e. The van der Waals surface area contributed by atoms with Crippen LogP contribution < -0.4 is 20.7 Å². The number of rotatable bonds is 10.